The average molecular weight is 280 g/mol. The molecule has 0 spiro atoms. The molecule has 1 aromatic heterocycles. The van der Waals surface area contributed by atoms with Crippen LogP contribution in [-0.4, -0.2) is 16.9 Å². The minimum atomic E-state index is 0.0415. The average Bonchev–Trinajstić information content (AvgIpc) is 2.70. The molecule has 3 N–H and O–H groups in total. The predicted octanol–water partition coefficient (Wildman–Crippen LogP) is 2.66. The van der Waals surface area contributed by atoms with Crippen molar-refractivity contribution < 1.29 is 4.74 Å². The van der Waals surface area contributed by atoms with Crippen LogP contribution in [0.1, 0.15) is 59.3 Å². The third kappa shape index (κ3) is 1.95. The Balaban J connectivity index is 2.46. The zero-order valence-corrected chi connectivity index (χ0v) is 13.7. The van der Waals surface area contributed by atoms with E-state index >= 15 is 0 Å². The Morgan fingerprint density at radius 1 is 1.30 bits per heavy atom. The normalized spacial score (nSPS) is 22.1. The summed E-state index contributed by atoms with van der Waals surface area (Å²) >= 11 is 0. The van der Waals surface area contributed by atoms with E-state index in [4.69, 9.17) is 10.6 Å². The summed E-state index contributed by atoms with van der Waals surface area (Å²) in [6, 6.07) is 0.314. The number of nitrogens with one attached hydrogen (secondary N) is 1. The first kappa shape index (κ1) is 15.3. The fourth-order valence-electron chi connectivity index (χ4n) is 3.63. The number of ether oxygens (including phenoxy) is 1. The topological polar surface area (TPSA) is 65.1 Å². The molecule has 2 rings (SSSR count). The molecule has 5 nitrogen and oxygen atoms in total. The van der Waals surface area contributed by atoms with E-state index in [0.29, 0.717) is 5.92 Å². The number of hydrazine groups is 1. The summed E-state index contributed by atoms with van der Waals surface area (Å²) in [6.45, 7) is 13.4. The molecule has 1 heterocycles. The second-order valence-corrected chi connectivity index (χ2v) is 7.20. The van der Waals surface area contributed by atoms with E-state index < -0.39 is 0 Å². The van der Waals surface area contributed by atoms with Crippen LogP contribution < -0.4 is 16.0 Å². The molecule has 1 unspecified atom stereocenters. The lowest BCUT2D eigenvalue weighted by molar-refractivity contribution is 0.347. The molecule has 1 aliphatic rings. The van der Waals surface area contributed by atoms with Gasteiger partial charge >= 0.3 is 0 Å². The summed E-state index contributed by atoms with van der Waals surface area (Å²) in [7, 11) is 1.68. The predicted molar refractivity (Wildman–Crippen MR) is 80.3 cm³/mol. The third-order valence-corrected chi connectivity index (χ3v) is 5.45. The third-order valence-electron chi connectivity index (χ3n) is 5.45. The van der Waals surface area contributed by atoms with Gasteiger partial charge in [0.1, 0.15) is 0 Å². The van der Waals surface area contributed by atoms with Crippen molar-refractivity contribution >= 4 is 0 Å². The maximum absolute atomic E-state index is 5.89. The standard InChI is InChI=1S/C15H28N4O/c1-9(2)19-12(10(20-7)8-17-19)11(18-16)13-14(3,4)15(13,5)6/h8-9,11,13,18H,16H2,1-7H3. The van der Waals surface area contributed by atoms with Crippen molar-refractivity contribution in [3.05, 3.63) is 11.9 Å². The molecule has 1 atom stereocenters. The van der Waals surface area contributed by atoms with Crippen LogP contribution >= 0.6 is 0 Å². The molecule has 0 amide bonds. The summed E-state index contributed by atoms with van der Waals surface area (Å²) < 4.78 is 7.50. The van der Waals surface area contributed by atoms with E-state index in [2.05, 4.69) is 52.1 Å². The lowest BCUT2D eigenvalue weighted by Crippen LogP contribution is -2.33. The van der Waals surface area contributed by atoms with Crippen LogP contribution in [0.3, 0.4) is 0 Å². The van der Waals surface area contributed by atoms with Crippen molar-refractivity contribution in [1.29, 1.82) is 0 Å². The summed E-state index contributed by atoms with van der Waals surface area (Å²) in [5, 5.41) is 4.46. The van der Waals surface area contributed by atoms with Crippen molar-refractivity contribution in [1.82, 2.24) is 15.2 Å². The number of nitrogens with two attached hydrogens (primary N) is 1. The minimum absolute atomic E-state index is 0.0415. The fraction of sp³-hybridized carbons (Fsp3) is 0.800. The van der Waals surface area contributed by atoms with Crippen molar-refractivity contribution in [2.24, 2.45) is 22.6 Å². The van der Waals surface area contributed by atoms with Crippen LogP contribution in [0, 0.1) is 16.7 Å². The van der Waals surface area contributed by atoms with Gasteiger partial charge in [-0.3, -0.25) is 16.0 Å². The molecule has 1 fully saturated rings. The quantitative estimate of drug-likeness (QED) is 0.643. The Morgan fingerprint density at radius 3 is 2.20 bits per heavy atom. The van der Waals surface area contributed by atoms with Crippen LogP contribution in [0.15, 0.2) is 6.20 Å². The molecule has 5 heteroatoms. The highest BCUT2D eigenvalue weighted by Crippen LogP contribution is 2.72. The van der Waals surface area contributed by atoms with Gasteiger partial charge in [0.15, 0.2) is 5.75 Å². The van der Waals surface area contributed by atoms with Gasteiger partial charge in [0.05, 0.1) is 25.0 Å². The van der Waals surface area contributed by atoms with Crippen molar-refractivity contribution in [2.45, 2.75) is 53.6 Å². The largest absolute Gasteiger partial charge is 0.493 e. The molecule has 1 saturated carbocycles. The van der Waals surface area contributed by atoms with Gasteiger partial charge in [0, 0.05) is 6.04 Å². The first-order valence-corrected chi connectivity index (χ1v) is 7.27. The van der Waals surface area contributed by atoms with Crippen LogP contribution in [0.5, 0.6) is 5.75 Å². The van der Waals surface area contributed by atoms with Crippen molar-refractivity contribution in [2.75, 3.05) is 7.11 Å². The highest BCUT2D eigenvalue weighted by atomic mass is 16.5. The van der Waals surface area contributed by atoms with Gasteiger partial charge in [-0.25, -0.2) is 0 Å². The van der Waals surface area contributed by atoms with E-state index in [9.17, 15) is 0 Å². The van der Waals surface area contributed by atoms with Gasteiger partial charge in [-0.1, -0.05) is 27.7 Å². The first-order valence-electron chi connectivity index (χ1n) is 7.27. The van der Waals surface area contributed by atoms with Gasteiger partial charge < -0.3 is 4.74 Å². The molecular formula is C15H28N4O. The zero-order valence-electron chi connectivity index (χ0n) is 13.7. The number of aromatic nitrogens is 2. The highest BCUT2D eigenvalue weighted by molar-refractivity contribution is 5.33. The molecule has 20 heavy (non-hydrogen) atoms. The Labute approximate surface area is 121 Å². The van der Waals surface area contributed by atoms with Crippen LogP contribution in [-0.2, 0) is 0 Å². The number of hydrogen-bond acceptors (Lipinski definition) is 4. The number of rotatable bonds is 5. The molecule has 114 valence electrons. The number of nitrogens with zero attached hydrogens (tertiary/aromatic N) is 2. The van der Waals surface area contributed by atoms with Crippen molar-refractivity contribution in [3.63, 3.8) is 0 Å². The molecule has 1 aliphatic carbocycles. The molecule has 0 saturated heterocycles. The van der Waals surface area contributed by atoms with Crippen LogP contribution in [0.4, 0.5) is 0 Å². The van der Waals surface area contributed by atoms with Gasteiger partial charge in [-0.05, 0) is 30.6 Å². The van der Waals surface area contributed by atoms with Gasteiger partial charge in [-0.15, -0.1) is 0 Å². The van der Waals surface area contributed by atoms with E-state index in [1.165, 1.54) is 0 Å². The Hall–Kier alpha value is -1.07. The van der Waals surface area contributed by atoms with Gasteiger partial charge in [-0.2, -0.15) is 5.10 Å². The second-order valence-electron chi connectivity index (χ2n) is 7.20. The summed E-state index contributed by atoms with van der Waals surface area (Å²) in [5.74, 6) is 7.15. The molecule has 0 aromatic carbocycles. The zero-order chi connectivity index (χ0) is 15.3. The summed E-state index contributed by atoms with van der Waals surface area (Å²) in [6.07, 6.45) is 1.78. The fourth-order valence-corrected chi connectivity index (χ4v) is 3.63. The summed E-state index contributed by atoms with van der Waals surface area (Å²) in [5.41, 5.74) is 4.53. The van der Waals surface area contributed by atoms with E-state index in [1.807, 2.05) is 4.68 Å². The molecule has 0 radical (unpaired) electrons. The SMILES string of the molecule is COc1cnn(C(C)C)c1C(NN)C1C(C)(C)C1(C)C. The van der Waals surface area contributed by atoms with Gasteiger partial charge in [0.2, 0.25) is 0 Å². The Kier molecular flexibility index (Phi) is 3.63. The number of hydrogen-bond donors (Lipinski definition) is 2. The van der Waals surface area contributed by atoms with Crippen LogP contribution in [0.2, 0.25) is 0 Å². The Bertz CT molecular complexity index is 476. The highest BCUT2D eigenvalue weighted by Gasteiger charge is 2.68. The maximum Gasteiger partial charge on any atom is 0.161 e. The lowest BCUT2D eigenvalue weighted by Gasteiger charge is -2.22. The smallest absolute Gasteiger partial charge is 0.161 e. The maximum atomic E-state index is 5.89. The monoisotopic (exact) mass is 280 g/mol. The minimum Gasteiger partial charge on any atom is -0.493 e. The van der Waals surface area contributed by atoms with E-state index in [0.717, 1.165) is 11.4 Å². The molecular weight excluding hydrogens is 252 g/mol. The molecule has 0 bridgehead atoms. The first-order chi connectivity index (χ1) is 9.20. The molecule has 1 aromatic rings. The van der Waals surface area contributed by atoms with Gasteiger partial charge in [0.25, 0.3) is 0 Å². The van der Waals surface area contributed by atoms with Crippen LogP contribution in [0.25, 0.3) is 0 Å². The lowest BCUT2D eigenvalue weighted by atomic mass is 10.0. The molecule has 0 aliphatic heterocycles. The van der Waals surface area contributed by atoms with E-state index in [-0.39, 0.29) is 22.9 Å². The second kappa shape index (κ2) is 4.74. The summed E-state index contributed by atoms with van der Waals surface area (Å²) in [4.78, 5) is 0. The number of methoxy groups -OCH3 is 1. The van der Waals surface area contributed by atoms with Crippen molar-refractivity contribution in [3.8, 4) is 5.75 Å². The van der Waals surface area contributed by atoms with E-state index in [1.54, 1.807) is 13.3 Å². The Morgan fingerprint density at radius 2 is 1.85 bits per heavy atom.